The summed E-state index contributed by atoms with van der Waals surface area (Å²) in [7, 11) is 0. The van der Waals surface area contributed by atoms with Crippen molar-refractivity contribution in [1.29, 1.82) is 0 Å². The van der Waals surface area contributed by atoms with Crippen LogP contribution in [0.4, 0.5) is 4.79 Å². The molecular formula is C15H19ClN2O3S. The quantitative estimate of drug-likeness (QED) is 0.658. The lowest BCUT2D eigenvalue weighted by Crippen LogP contribution is -2.33. The Labute approximate surface area is 138 Å². The van der Waals surface area contributed by atoms with Gasteiger partial charge in [-0.3, -0.25) is 0 Å². The van der Waals surface area contributed by atoms with Crippen LogP contribution in [-0.2, 0) is 4.74 Å². The van der Waals surface area contributed by atoms with Gasteiger partial charge in [0, 0.05) is 17.3 Å². The minimum absolute atomic E-state index is 0.419. The van der Waals surface area contributed by atoms with E-state index < -0.39 is 11.7 Å². The molecule has 2 aromatic rings. The van der Waals surface area contributed by atoms with Crippen LogP contribution in [0.25, 0.3) is 11.0 Å². The number of aromatic nitrogens is 1. The Morgan fingerprint density at radius 3 is 2.86 bits per heavy atom. The lowest BCUT2D eigenvalue weighted by atomic mass is 10.2. The number of nitrogens with one attached hydrogen (secondary N) is 1. The fourth-order valence-electron chi connectivity index (χ4n) is 1.87. The van der Waals surface area contributed by atoms with E-state index in [-0.39, 0.29) is 0 Å². The van der Waals surface area contributed by atoms with Crippen molar-refractivity contribution in [2.45, 2.75) is 38.3 Å². The van der Waals surface area contributed by atoms with Crippen molar-refractivity contribution >= 4 is 40.4 Å². The zero-order chi connectivity index (χ0) is 16.3. The van der Waals surface area contributed by atoms with Crippen molar-refractivity contribution < 1.29 is 14.1 Å². The summed E-state index contributed by atoms with van der Waals surface area (Å²) in [6, 6.07) is 3.68. The van der Waals surface area contributed by atoms with Crippen molar-refractivity contribution in [3.63, 3.8) is 0 Å². The standard InChI is InChI=1S/C15H19ClN2O3S/c1-9-7-10(16)8-11-12(9)21-18-13(11)22-6-5-17-14(19)20-15(2,3)4/h7-8H,5-6H2,1-4H3,(H,17,19). The zero-order valence-electron chi connectivity index (χ0n) is 13.0. The predicted octanol–water partition coefficient (Wildman–Crippen LogP) is 4.41. The number of aryl methyl sites for hydroxylation is 1. The van der Waals surface area contributed by atoms with Gasteiger partial charge in [0.05, 0.1) is 5.39 Å². The second-order valence-corrected chi connectivity index (χ2v) is 7.38. The van der Waals surface area contributed by atoms with Crippen LogP contribution in [0.2, 0.25) is 5.02 Å². The number of halogens is 1. The van der Waals surface area contributed by atoms with Gasteiger partial charge < -0.3 is 14.6 Å². The van der Waals surface area contributed by atoms with Crippen molar-refractivity contribution in [2.75, 3.05) is 12.3 Å². The molecule has 0 radical (unpaired) electrons. The summed E-state index contributed by atoms with van der Waals surface area (Å²) in [6.07, 6.45) is -0.419. The number of thioether (sulfide) groups is 1. The summed E-state index contributed by atoms with van der Waals surface area (Å²) >= 11 is 7.57. The fourth-order valence-corrected chi connectivity index (χ4v) is 2.93. The van der Waals surface area contributed by atoms with E-state index in [1.165, 1.54) is 11.8 Å². The van der Waals surface area contributed by atoms with E-state index in [2.05, 4.69) is 10.5 Å². The van der Waals surface area contributed by atoms with Crippen LogP contribution < -0.4 is 5.32 Å². The molecule has 0 bridgehead atoms. The van der Waals surface area contributed by atoms with Crippen molar-refractivity contribution in [2.24, 2.45) is 0 Å². The van der Waals surface area contributed by atoms with Crippen LogP contribution in [0, 0.1) is 6.92 Å². The highest BCUT2D eigenvalue weighted by Crippen LogP contribution is 2.31. The van der Waals surface area contributed by atoms with Crippen LogP contribution in [0.15, 0.2) is 21.7 Å². The largest absolute Gasteiger partial charge is 0.444 e. The molecule has 1 N–H and O–H groups in total. The minimum atomic E-state index is -0.492. The molecule has 22 heavy (non-hydrogen) atoms. The number of hydrogen-bond donors (Lipinski definition) is 1. The molecular weight excluding hydrogens is 324 g/mol. The second-order valence-electron chi connectivity index (χ2n) is 5.86. The molecule has 2 rings (SSSR count). The summed E-state index contributed by atoms with van der Waals surface area (Å²) < 4.78 is 10.5. The number of benzene rings is 1. The number of fused-ring (bicyclic) bond motifs is 1. The number of carbonyl (C=O) groups is 1. The van der Waals surface area contributed by atoms with E-state index in [9.17, 15) is 4.79 Å². The minimum Gasteiger partial charge on any atom is -0.444 e. The maximum absolute atomic E-state index is 11.5. The molecule has 0 spiro atoms. The number of amides is 1. The molecule has 1 amide bonds. The fraction of sp³-hybridized carbons (Fsp3) is 0.467. The Hall–Kier alpha value is -1.40. The summed E-state index contributed by atoms with van der Waals surface area (Å²) in [5.74, 6) is 0.659. The Kier molecular flexibility index (Phi) is 5.24. The molecule has 0 unspecified atom stereocenters. The van der Waals surface area contributed by atoms with Crippen molar-refractivity contribution in [3.8, 4) is 0 Å². The number of rotatable bonds is 4. The first-order valence-corrected chi connectivity index (χ1v) is 8.28. The van der Waals surface area contributed by atoms with E-state index in [0.717, 1.165) is 21.6 Å². The van der Waals surface area contributed by atoms with E-state index >= 15 is 0 Å². The first-order chi connectivity index (χ1) is 10.3. The monoisotopic (exact) mass is 342 g/mol. The third-order valence-corrected chi connectivity index (χ3v) is 3.89. The topological polar surface area (TPSA) is 64.4 Å². The summed E-state index contributed by atoms with van der Waals surface area (Å²) in [5.41, 5.74) is 1.20. The molecule has 0 fully saturated rings. The first-order valence-electron chi connectivity index (χ1n) is 6.91. The van der Waals surface area contributed by atoms with Gasteiger partial charge in [-0.05, 0) is 45.4 Å². The Balaban J connectivity index is 1.89. The van der Waals surface area contributed by atoms with Crippen LogP contribution in [0.5, 0.6) is 0 Å². The van der Waals surface area contributed by atoms with Crippen LogP contribution in [-0.4, -0.2) is 29.1 Å². The van der Waals surface area contributed by atoms with Crippen LogP contribution >= 0.6 is 23.4 Å². The maximum atomic E-state index is 11.5. The predicted molar refractivity (Wildman–Crippen MR) is 88.7 cm³/mol. The van der Waals surface area contributed by atoms with Gasteiger partial charge in [0.2, 0.25) is 0 Å². The van der Waals surface area contributed by atoms with Gasteiger partial charge in [-0.25, -0.2) is 4.79 Å². The number of carbonyl (C=O) groups excluding carboxylic acids is 1. The highest BCUT2D eigenvalue weighted by Gasteiger charge is 2.16. The SMILES string of the molecule is Cc1cc(Cl)cc2c(SCCNC(=O)OC(C)(C)C)noc12. The van der Waals surface area contributed by atoms with E-state index in [4.69, 9.17) is 20.9 Å². The number of nitrogens with zero attached hydrogens (tertiary/aromatic N) is 1. The normalized spacial score (nSPS) is 11.7. The lowest BCUT2D eigenvalue weighted by Gasteiger charge is -2.19. The van der Waals surface area contributed by atoms with Gasteiger partial charge in [0.1, 0.15) is 10.6 Å². The van der Waals surface area contributed by atoms with Crippen LogP contribution in [0.1, 0.15) is 26.3 Å². The number of ether oxygens (including phenoxy) is 1. The zero-order valence-corrected chi connectivity index (χ0v) is 14.6. The Bertz CT molecular complexity index is 679. The molecule has 1 heterocycles. The van der Waals surface area contributed by atoms with Gasteiger partial charge in [0.15, 0.2) is 5.58 Å². The molecule has 0 aliphatic carbocycles. The van der Waals surface area contributed by atoms with Gasteiger partial charge >= 0.3 is 6.09 Å². The summed E-state index contributed by atoms with van der Waals surface area (Å²) in [5, 5.41) is 9.08. The third-order valence-electron chi connectivity index (χ3n) is 2.70. The lowest BCUT2D eigenvalue weighted by molar-refractivity contribution is 0.0531. The molecule has 0 saturated heterocycles. The van der Waals surface area contributed by atoms with E-state index in [1.54, 1.807) is 0 Å². The van der Waals surface area contributed by atoms with E-state index in [1.807, 2.05) is 39.8 Å². The molecule has 7 heteroatoms. The number of hydrogen-bond acceptors (Lipinski definition) is 5. The van der Waals surface area contributed by atoms with E-state index in [0.29, 0.717) is 17.3 Å². The maximum Gasteiger partial charge on any atom is 0.407 e. The molecule has 5 nitrogen and oxygen atoms in total. The third kappa shape index (κ3) is 4.55. The average Bonchev–Trinajstić information content (AvgIpc) is 2.76. The molecule has 0 aliphatic heterocycles. The van der Waals surface area contributed by atoms with Gasteiger partial charge in [-0.1, -0.05) is 16.8 Å². The second kappa shape index (κ2) is 6.79. The van der Waals surface area contributed by atoms with Crippen molar-refractivity contribution in [1.82, 2.24) is 10.5 Å². The first kappa shape index (κ1) is 17.0. The summed E-state index contributed by atoms with van der Waals surface area (Å²) in [4.78, 5) is 11.5. The molecule has 120 valence electrons. The highest BCUT2D eigenvalue weighted by molar-refractivity contribution is 7.99. The molecule has 0 atom stereocenters. The van der Waals surface area contributed by atoms with Crippen LogP contribution in [0.3, 0.4) is 0 Å². The van der Waals surface area contributed by atoms with Gasteiger partial charge in [-0.15, -0.1) is 11.8 Å². The average molecular weight is 343 g/mol. The van der Waals surface area contributed by atoms with Crippen molar-refractivity contribution in [3.05, 3.63) is 22.7 Å². The molecule has 1 aromatic carbocycles. The molecule has 1 aromatic heterocycles. The molecule has 0 aliphatic rings. The van der Waals surface area contributed by atoms with Gasteiger partial charge in [-0.2, -0.15) is 0 Å². The molecule has 0 saturated carbocycles. The van der Waals surface area contributed by atoms with Gasteiger partial charge in [0.25, 0.3) is 0 Å². The Morgan fingerprint density at radius 1 is 1.45 bits per heavy atom. The Morgan fingerprint density at radius 2 is 2.18 bits per heavy atom. The number of alkyl carbamates (subject to hydrolysis) is 1. The smallest absolute Gasteiger partial charge is 0.407 e. The summed E-state index contributed by atoms with van der Waals surface area (Å²) in [6.45, 7) is 7.89. The highest BCUT2D eigenvalue weighted by atomic mass is 35.5.